The van der Waals surface area contributed by atoms with E-state index in [0.29, 0.717) is 11.8 Å². The number of aliphatic imine (C=N–C) groups is 1. The van der Waals surface area contributed by atoms with Gasteiger partial charge in [0, 0.05) is 17.7 Å². The van der Waals surface area contributed by atoms with Crippen LogP contribution in [0.3, 0.4) is 0 Å². The summed E-state index contributed by atoms with van der Waals surface area (Å²) in [5.74, 6) is 2.72. The van der Waals surface area contributed by atoms with Crippen molar-refractivity contribution < 1.29 is 0 Å². The van der Waals surface area contributed by atoms with Crippen molar-refractivity contribution >= 4 is 11.7 Å². The van der Waals surface area contributed by atoms with Gasteiger partial charge in [0.05, 0.1) is 6.04 Å². The Labute approximate surface area is 96.2 Å². The van der Waals surface area contributed by atoms with E-state index in [1.54, 1.807) is 6.33 Å². The van der Waals surface area contributed by atoms with Crippen molar-refractivity contribution in [3.63, 3.8) is 0 Å². The first-order valence-electron chi connectivity index (χ1n) is 5.74. The Morgan fingerprint density at radius 1 is 1.25 bits per heavy atom. The summed E-state index contributed by atoms with van der Waals surface area (Å²) in [4.78, 5) is 12.9. The summed E-state index contributed by atoms with van der Waals surface area (Å²) in [6, 6.07) is 0.270. The number of fused-ring (bicyclic) bond motifs is 1. The van der Waals surface area contributed by atoms with E-state index in [0.717, 1.165) is 17.2 Å². The fraction of sp³-hybridized carbons (Fsp3) is 0.583. The molecule has 0 bridgehead atoms. The Hall–Kier alpha value is -1.45. The Balaban J connectivity index is 2.45. The molecule has 1 atom stereocenters. The molecule has 0 saturated carbocycles. The zero-order valence-electron chi connectivity index (χ0n) is 10.2. The molecule has 1 aliphatic rings. The van der Waals surface area contributed by atoms with E-state index in [4.69, 9.17) is 0 Å². The van der Waals surface area contributed by atoms with E-state index in [1.165, 1.54) is 0 Å². The van der Waals surface area contributed by atoms with Crippen LogP contribution in [0.25, 0.3) is 0 Å². The minimum absolute atomic E-state index is 0.270. The van der Waals surface area contributed by atoms with Crippen LogP contribution in [0.4, 0.5) is 5.82 Å². The average molecular weight is 218 g/mol. The van der Waals surface area contributed by atoms with Gasteiger partial charge in [0.25, 0.3) is 0 Å². The Bertz CT molecular complexity index is 409. The molecule has 4 nitrogen and oxygen atoms in total. The third-order valence-electron chi connectivity index (χ3n) is 2.80. The minimum atomic E-state index is 0.270. The van der Waals surface area contributed by atoms with Crippen molar-refractivity contribution in [2.75, 3.05) is 0 Å². The maximum atomic E-state index is 4.53. The van der Waals surface area contributed by atoms with Gasteiger partial charge in [-0.2, -0.15) is 0 Å². The van der Waals surface area contributed by atoms with Crippen molar-refractivity contribution in [2.24, 2.45) is 16.8 Å². The fourth-order valence-corrected chi connectivity index (χ4v) is 1.85. The second-order valence-corrected chi connectivity index (χ2v) is 4.82. The summed E-state index contributed by atoms with van der Waals surface area (Å²) < 4.78 is 0. The van der Waals surface area contributed by atoms with Crippen LogP contribution in [-0.2, 0) is 0 Å². The van der Waals surface area contributed by atoms with Crippen LogP contribution in [0.1, 0.15) is 39.3 Å². The SMILES string of the molecule is CC(C)C1=Nc2ncncc2C(C(C)C)N1. The third-order valence-corrected chi connectivity index (χ3v) is 2.80. The largest absolute Gasteiger partial charge is 0.366 e. The van der Waals surface area contributed by atoms with Crippen LogP contribution in [0.2, 0.25) is 0 Å². The highest BCUT2D eigenvalue weighted by Crippen LogP contribution is 2.31. The van der Waals surface area contributed by atoms with Crippen LogP contribution in [-0.4, -0.2) is 15.8 Å². The molecule has 4 heteroatoms. The summed E-state index contributed by atoms with van der Waals surface area (Å²) in [6.45, 7) is 8.65. The molecule has 86 valence electrons. The highest BCUT2D eigenvalue weighted by Gasteiger charge is 2.26. The molecule has 0 spiro atoms. The molecule has 0 fully saturated rings. The average Bonchev–Trinajstić information content (AvgIpc) is 2.27. The molecule has 1 N–H and O–H groups in total. The molecule has 1 unspecified atom stereocenters. The number of hydrogen-bond acceptors (Lipinski definition) is 4. The molecule has 1 aromatic heterocycles. The van der Waals surface area contributed by atoms with E-state index < -0.39 is 0 Å². The van der Waals surface area contributed by atoms with E-state index in [9.17, 15) is 0 Å². The first kappa shape index (κ1) is 11.0. The number of nitrogens with zero attached hydrogens (tertiary/aromatic N) is 3. The summed E-state index contributed by atoms with van der Waals surface area (Å²) in [6.07, 6.45) is 3.42. The van der Waals surface area contributed by atoms with Gasteiger partial charge >= 0.3 is 0 Å². The van der Waals surface area contributed by atoms with E-state index >= 15 is 0 Å². The van der Waals surface area contributed by atoms with Crippen molar-refractivity contribution in [3.8, 4) is 0 Å². The van der Waals surface area contributed by atoms with Crippen molar-refractivity contribution in [3.05, 3.63) is 18.1 Å². The normalized spacial score (nSPS) is 19.4. The van der Waals surface area contributed by atoms with Crippen molar-refractivity contribution in [1.29, 1.82) is 0 Å². The predicted octanol–water partition coefficient (Wildman–Crippen LogP) is 2.46. The molecular weight excluding hydrogens is 200 g/mol. The Morgan fingerprint density at radius 3 is 2.62 bits per heavy atom. The lowest BCUT2D eigenvalue weighted by atomic mass is 9.95. The van der Waals surface area contributed by atoms with Gasteiger partial charge in [-0.05, 0) is 5.92 Å². The molecule has 1 aliphatic heterocycles. The van der Waals surface area contributed by atoms with Gasteiger partial charge in [-0.25, -0.2) is 15.0 Å². The van der Waals surface area contributed by atoms with Gasteiger partial charge in [-0.1, -0.05) is 27.7 Å². The van der Waals surface area contributed by atoms with Crippen molar-refractivity contribution in [2.45, 2.75) is 33.7 Å². The van der Waals surface area contributed by atoms with Crippen LogP contribution in [0, 0.1) is 11.8 Å². The maximum Gasteiger partial charge on any atom is 0.162 e. The highest BCUT2D eigenvalue weighted by molar-refractivity contribution is 5.88. The highest BCUT2D eigenvalue weighted by atomic mass is 15.1. The standard InChI is InChI=1S/C12H18N4/c1-7(2)10-9-5-13-6-14-12(9)16-11(15-10)8(3)4/h5-8,10H,1-4H3,(H,13,14,15,16). The van der Waals surface area contributed by atoms with E-state index in [1.807, 2.05) is 6.20 Å². The zero-order chi connectivity index (χ0) is 11.7. The molecule has 0 saturated heterocycles. The molecule has 0 radical (unpaired) electrons. The Morgan fingerprint density at radius 2 is 2.00 bits per heavy atom. The summed E-state index contributed by atoms with van der Waals surface area (Å²) in [5.41, 5.74) is 1.10. The molecule has 0 aromatic carbocycles. The third kappa shape index (κ3) is 1.92. The molecular formula is C12H18N4. The second-order valence-electron chi connectivity index (χ2n) is 4.82. The quantitative estimate of drug-likeness (QED) is 0.829. The van der Waals surface area contributed by atoms with Gasteiger partial charge in [0.1, 0.15) is 12.2 Å². The molecule has 16 heavy (non-hydrogen) atoms. The summed E-state index contributed by atoms with van der Waals surface area (Å²) >= 11 is 0. The van der Waals surface area contributed by atoms with Crippen LogP contribution in [0.15, 0.2) is 17.5 Å². The topological polar surface area (TPSA) is 50.2 Å². The lowest BCUT2D eigenvalue weighted by molar-refractivity contribution is 0.457. The van der Waals surface area contributed by atoms with Crippen LogP contribution < -0.4 is 5.32 Å². The smallest absolute Gasteiger partial charge is 0.162 e. The van der Waals surface area contributed by atoms with Gasteiger partial charge in [-0.15, -0.1) is 0 Å². The van der Waals surface area contributed by atoms with Gasteiger partial charge in [0.15, 0.2) is 5.82 Å². The van der Waals surface area contributed by atoms with Crippen molar-refractivity contribution in [1.82, 2.24) is 15.3 Å². The van der Waals surface area contributed by atoms with Gasteiger partial charge in [0.2, 0.25) is 0 Å². The minimum Gasteiger partial charge on any atom is -0.366 e. The van der Waals surface area contributed by atoms with E-state index in [-0.39, 0.29) is 6.04 Å². The first-order valence-corrected chi connectivity index (χ1v) is 5.74. The van der Waals surface area contributed by atoms with Gasteiger partial charge in [-0.3, -0.25) is 0 Å². The molecule has 0 aliphatic carbocycles. The zero-order valence-corrected chi connectivity index (χ0v) is 10.2. The predicted molar refractivity (Wildman–Crippen MR) is 64.7 cm³/mol. The number of rotatable bonds is 2. The summed E-state index contributed by atoms with van der Waals surface area (Å²) in [7, 11) is 0. The second kappa shape index (κ2) is 4.20. The number of amidine groups is 1. The van der Waals surface area contributed by atoms with E-state index in [2.05, 4.69) is 48.0 Å². The van der Waals surface area contributed by atoms with Crippen LogP contribution in [0.5, 0.6) is 0 Å². The number of hydrogen-bond donors (Lipinski definition) is 1. The first-order chi connectivity index (χ1) is 7.59. The number of nitrogens with one attached hydrogen (secondary N) is 1. The monoisotopic (exact) mass is 218 g/mol. The summed E-state index contributed by atoms with van der Waals surface area (Å²) in [5, 5.41) is 3.48. The van der Waals surface area contributed by atoms with Gasteiger partial charge < -0.3 is 5.32 Å². The molecule has 2 heterocycles. The maximum absolute atomic E-state index is 4.53. The molecule has 0 amide bonds. The fourth-order valence-electron chi connectivity index (χ4n) is 1.85. The lowest BCUT2D eigenvalue weighted by Gasteiger charge is -2.30. The Kier molecular flexibility index (Phi) is 2.90. The number of aromatic nitrogens is 2. The molecule has 2 rings (SSSR count). The van der Waals surface area contributed by atoms with Crippen LogP contribution >= 0.6 is 0 Å². The molecule has 1 aromatic rings. The lowest BCUT2D eigenvalue weighted by Crippen LogP contribution is -2.37.